The second kappa shape index (κ2) is 11.5. The molecule has 1 amide bonds. The van der Waals surface area contributed by atoms with Crippen LogP contribution in [-0.4, -0.2) is 63.1 Å². The molecular weight excluding hydrogens is 574 g/mol. The molecule has 1 unspecified atom stereocenters. The van der Waals surface area contributed by atoms with Gasteiger partial charge in [0.2, 0.25) is 5.28 Å². The lowest BCUT2D eigenvalue weighted by molar-refractivity contribution is 0.0726. The van der Waals surface area contributed by atoms with E-state index in [-0.39, 0.29) is 16.7 Å². The molecular formula is C34H38ClN7O2. The Labute approximate surface area is 263 Å². The lowest BCUT2D eigenvalue weighted by atomic mass is 9.70. The van der Waals surface area contributed by atoms with Crippen LogP contribution in [0.5, 0.6) is 5.75 Å². The van der Waals surface area contributed by atoms with Crippen molar-refractivity contribution in [1.82, 2.24) is 29.5 Å². The highest BCUT2D eigenvalue weighted by Crippen LogP contribution is 2.48. The summed E-state index contributed by atoms with van der Waals surface area (Å²) in [6.45, 7) is 3.43. The van der Waals surface area contributed by atoms with E-state index in [0.717, 1.165) is 85.8 Å². The number of hydrogen-bond donors (Lipinski definition) is 0. The van der Waals surface area contributed by atoms with E-state index in [1.54, 1.807) is 19.0 Å². The number of nitrogens with zero attached hydrogens (tertiary/aromatic N) is 7. The average molecular weight is 612 g/mol. The van der Waals surface area contributed by atoms with Gasteiger partial charge in [-0.05, 0) is 79.2 Å². The summed E-state index contributed by atoms with van der Waals surface area (Å²) in [6.07, 6.45) is 4.87. The van der Waals surface area contributed by atoms with Crippen LogP contribution in [0.1, 0.15) is 63.4 Å². The van der Waals surface area contributed by atoms with Crippen molar-refractivity contribution in [2.75, 3.05) is 32.6 Å². The van der Waals surface area contributed by atoms with Gasteiger partial charge in [0.15, 0.2) is 5.69 Å². The van der Waals surface area contributed by atoms with E-state index in [1.807, 2.05) is 28.9 Å². The number of carbonyl (C=O) groups is 1. The number of rotatable bonds is 5. The van der Waals surface area contributed by atoms with Gasteiger partial charge in [-0.15, -0.1) is 0 Å². The van der Waals surface area contributed by atoms with Gasteiger partial charge in [-0.2, -0.15) is 5.10 Å². The summed E-state index contributed by atoms with van der Waals surface area (Å²) in [5, 5.41) is 4.89. The fraction of sp³-hybridized carbons (Fsp3) is 0.412. The summed E-state index contributed by atoms with van der Waals surface area (Å²) in [5.74, 6) is 1.68. The van der Waals surface area contributed by atoms with Crippen molar-refractivity contribution in [1.29, 1.82) is 0 Å². The number of hydrogen-bond acceptors (Lipinski definition) is 7. The monoisotopic (exact) mass is 611 g/mol. The number of benzene rings is 2. The molecule has 0 saturated carbocycles. The van der Waals surface area contributed by atoms with E-state index in [1.165, 1.54) is 11.1 Å². The van der Waals surface area contributed by atoms with Crippen molar-refractivity contribution in [3.8, 4) is 5.75 Å². The van der Waals surface area contributed by atoms with E-state index in [0.29, 0.717) is 18.8 Å². The molecule has 2 aliphatic heterocycles. The maximum atomic E-state index is 12.6. The Morgan fingerprint density at radius 1 is 1.05 bits per heavy atom. The molecule has 7 rings (SSSR count). The highest BCUT2D eigenvalue weighted by molar-refractivity contribution is 6.28. The van der Waals surface area contributed by atoms with Crippen LogP contribution in [0.4, 0.5) is 5.82 Å². The van der Waals surface area contributed by atoms with E-state index < -0.39 is 0 Å². The number of anilines is 1. The van der Waals surface area contributed by atoms with Gasteiger partial charge in [0.25, 0.3) is 5.91 Å². The number of likely N-dealkylation sites (N-methyl/N-ethyl adjacent to an activating group) is 1. The summed E-state index contributed by atoms with van der Waals surface area (Å²) in [5.41, 5.74) is 7.28. The Kier molecular flexibility index (Phi) is 7.54. The molecule has 228 valence electrons. The number of fused-ring (bicyclic) bond motifs is 4. The third-order valence-electron chi connectivity index (χ3n) is 9.44. The van der Waals surface area contributed by atoms with Crippen LogP contribution < -0.4 is 9.64 Å². The Bertz CT molecular complexity index is 1710. The number of carbonyl (C=O) groups excluding carboxylic acids is 1. The predicted molar refractivity (Wildman–Crippen MR) is 170 cm³/mol. The van der Waals surface area contributed by atoms with Gasteiger partial charge in [-0.1, -0.05) is 36.4 Å². The van der Waals surface area contributed by atoms with Crippen LogP contribution in [0.3, 0.4) is 0 Å². The highest BCUT2D eigenvalue weighted by atomic mass is 35.5. The first kappa shape index (κ1) is 28.8. The number of halogens is 1. The van der Waals surface area contributed by atoms with Crippen molar-refractivity contribution in [2.24, 2.45) is 0 Å². The minimum atomic E-state index is -0.194. The number of aromatic nitrogens is 4. The Morgan fingerprint density at radius 3 is 2.70 bits per heavy atom. The van der Waals surface area contributed by atoms with Crippen molar-refractivity contribution >= 4 is 23.3 Å². The number of amides is 1. The summed E-state index contributed by atoms with van der Waals surface area (Å²) >= 11 is 6.66. The van der Waals surface area contributed by atoms with E-state index in [2.05, 4.69) is 52.3 Å². The summed E-state index contributed by atoms with van der Waals surface area (Å²) < 4.78 is 8.24. The first-order chi connectivity index (χ1) is 21.3. The van der Waals surface area contributed by atoms with Crippen LogP contribution in [0.2, 0.25) is 5.28 Å². The van der Waals surface area contributed by atoms with Gasteiger partial charge in [-0.25, -0.2) is 9.97 Å². The summed E-state index contributed by atoms with van der Waals surface area (Å²) in [4.78, 5) is 28.6. The first-order valence-corrected chi connectivity index (χ1v) is 15.8. The third kappa shape index (κ3) is 5.22. The van der Waals surface area contributed by atoms with Gasteiger partial charge in [-0.3, -0.25) is 14.4 Å². The largest absolute Gasteiger partial charge is 0.489 e. The molecule has 4 heterocycles. The molecule has 0 radical (unpaired) electrons. The minimum Gasteiger partial charge on any atom is -0.489 e. The normalized spacial score (nSPS) is 19.6. The van der Waals surface area contributed by atoms with E-state index >= 15 is 0 Å². The van der Waals surface area contributed by atoms with Crippen LogP contribution >= 0.6 is 11.6 Å². The van der Waals surface area contributed by atoms with Gasteiger partial charge in [0.1, 0.15) is 18.2 Å². The van der Waals surface area contributed by atoms with Crippen LogP contribution in [0.15, 0.2) is 54.6 Å². The second-order valence-corrected chi connectivity index (χ2v) is 12.8. The molecule has 3 aliphatic rings. The van der Waals surface area contributed by atoms with Gasteiger partial charge in [0, 0.05) is 45.7 Å². The van der Waals surface area contributed by atoms with Gasteiger partial charge in [0.05, 0.1) is 23.5 Å². The molecule has 0 fully saturated rings. The average Bonchev–Trinajstić information content (AvgIpc) is 3.32. The number of ether oxygens (including phenoxy) is 1. The zero-order valence-corrected chi connectivity index (χ0v) is 26.3. The SMILES string of the molecule is CN(C)C(=O)c1cc2n(n1)CCCN(c1nc(Cl)nc3c1CN(C)C1(CCCc4ccc(OCc5ccccc5)cc41)C3)C2. The van der Waals surface area contributed by atoms with Crippen molar-refractivity contribution in [3.63, 3.8) is 0 Å². The predicted octanol–water partition coefficient (Wildman–Crippen LogP) is 5.24. The molecule has 0 N–H and O–H groups in total. The quantitative estimate of drug-likeness (QED) is 0.286. The zero-order valence-electron chi connectivity index (χ0n) is 25.6. The maximum absolute atomic E-state index is 12.6. The van der Waals surface area contributed by atoms with Crippen LogP contribution in [0.25, 0.3) is 0 Å². The molecule has 0 saturated heterocycles. The zero-order chi connectivity index (χ0) is 30.4. The molecule has 2 aromatic heterocycles. The molecule has 1 atom stereocenters. The van der Waals surface area contributed by atoms with Crippen LogP contribution in [-0.2, 0) is 44.6 Å². The fourth-order valence-corrected chi connectivity index (χ4v) is 7.34. The highest BCUT2D eigenvalue weighted by Gasteiger charge is 2.45. The smallest absolute Gasteiger partial charge is 0.273 e. The second-order valence-electron chi connectivity index (χ2n) is 12.5. The molecule has 0 bridgehead atoms. The van der Waals surface area contributed by atoms with Crippen molar-refractivity contribution in [2.45, 2.75) is 63.9 Å². The molecule has 10 heteroatoms. The fourth-order valence-electron chi connectivity index (χ4n) is 7.16. The number of aryl methyl sites for hydroxylation is 2. The topological polar surface area (TPSA) is 79.6 Å². The van der Waals surface area contributed by atoms with Crippen LogP contribution in [0, 0.1) is 0 Å². The molecule has 2 aromatic carbocycles. The van der Waals surface area contributed by atoms with E-state index in [9.17, 15) is 4.79 Å². The molecule has 1 spiro atoms. The summed E-state index contributed by atoms with van der Waals surface area (Å²) in [6, 6.07) is 18.8. The Hall–Kier alpha value is -3.95. The molecule has 44 heavy (non-hydrogen) atoms. The Morgan fingerprint density at radius 2 is 1.89 bits per heavy atom. The van der Waals surface area contributed by atoms with Gasteiger partial charge >= 0.3 is 0 Å². The lowest BCUT2D eigenvalue weighted by Crippen LogP contribution is -2.51. The maximum Gasteiger partial charge on any atom is 0.273 e. The van der Waals surface area contributed by atoms with E-state index in [4.69, 9.17) is 26.3 Å². The minimum absolute atomic E-state index is 0.0899. The summed E-state index contributed by atoms with van der Waals surface area (Å²) in [7, 11) is 5.73. The first-order valence-electron chi connectivity index (χ1n) is 15.4. The standard InChI is InChI=1S/C34H38ClN7O2/c1-39(2)32(43)29-17-25-20-41(15-8-16-42(25)38-29)31-27-21-40(3)34(19-30(27)36-33(35)37-31)14-7-11-24-12-13-26(18-28(24)34)44-22-23-9-5-4-6-10-23/h4-6,9-10,12-13,17-18H,7-8,11,14-16,19-22H2,1-3H3. The Balaban J connectivity index is 1.20. The third-order valence-corrected chi connectivity index (χ3v) is 9.60. The molecule has 9 nitrogen and oxygen atoms in total. The molecule has 1 aliphatic carbocycles. The molecule has 4 aromatic rings. The van der Waals surface area contributed by atoms with Gasteiger partial charge < -0.3 is 14.5 Å². The lowest BCUT2D eigenvalue weighted by Gasteiger charge is -2.49. The van der Waals surface area contributed by atoms with Crippen molar-refractivity contribution in [3.05, 3.63) is 99.2 Å². The van der Waals surface area contributed by atoms with Crippen molar-refractivity contribution < 1.29 is 9.53 Å².